The predicted octanol–water partition coefficient (Wildman–Crippen LogP) is 26.2. The summed E-state index contributed by atoms with van der Waals surface area (Å²) in [7, 11) is 0. The number of hydrogen-bond acceptors (Lipinski definition) is 8. The van der Waals surface area contributed by atoms with Gasteiger partial charge in [-0.2, -0.15) is 0 Å². The third-order valence-electron chi connectivity index (χ3n) is 20.5. The van der Waals surface area contributed by atoms with Gasteiger partial charge in [-0.15, -0.1) is 0 Å². The van der Waals surface area contributed by atoms with Crippen LogP contribution in [0.4, 0.5) is 34.1 Å². The van der Waals surface area contributed by atoms with E-state index in [0.717, 1.165) is 139 Å². The second-order valence-electron chi connectivity index (χ2n) is 27.4. The quantitative estimate of drug-likeness (QED) is 0.0944. The molecule has 0 unspecified atom stereocenters. The number of para-hydroxylation sites is 8. The Labute approximate surface area is 649 Å². The van der Waals surface area contributed by atoms with Gasteiger partial charge in [-0.1, -0.05) is 291 Å². The summed E-state index contributed by atoms with van der Waals surface area (Å²) < 4.78 is 4.64. The van der Waals surface area contributed by atoms with Crippen LogP contribution >= 0.6 is 0 Å². The van der Waals surface area contributed by atoms with Gasteiger partial charge >= 0.3 is 0 Å². The minimum absolute atomic E-state index is 0.622. The van der Waals surface area contributed by atoms with Crippen molar-refractivity contribution in [3.05, 3.63) is 425 Å². The van der Waals surface area contributed by atoms with E-state index in [1.165, 1.54) is 5.39 Å². The molecular weight excluding hydrogens is 1370 g/mol. The number of anilines is 6. The van der Waals surface area contributed by atoms with Gasteiger partial charge in [0.15, 0.2) is 34.9 Å². The second-order valence-corrected chi connectivity index (χ2v) is 27.4. The van der Waals surface area contributed by atoms with Gasteiger partial charge in [0, 0.05) is 100 Å². The highest BCUT2D eigenvalue weighted by atomic mass is 15.1. The molecule has 4 aromatic heterocycles. The highest BCUT2D eigenvalue weighted by molar-refractivity contribution is 6.15. The van der Waals surface area contributed by atoms with Gasteiger partial charge in [0.2, 0.25) is 0 Å². The van der Waals surface area contributed by atoms with E-state index >= 15 is 0 Å². The summed E-state index contributed by atoms with van der Waals surface area (Å²) in [6.45, 7) is 0. The van der Waals surface area contributed by atoms with Crippen molar-refractivity contribution in [2.75, 3.05) is 9.80 Å². The lowest BCUT2D eigenvalue weighted by Crippen LogP contribution is -2.09. The van der Waals surface area contributed by atoms with Crippen LogP contribution in [0.2, 0.25) is 0 Å². The first-order chi connectivity index (χ1) is 55.5. The van der Waals surface area contributed by atoms with Gasteiger partial charge in [-0.05, 0) is 156 Å². The summed E-state index contributed by atoms with van der Waals surface area (Å²) in [5, 5.41) is 4.59. The average Bonchev–Trinajstić information content (AvgIpc) is 1.59. The highest BCUT2D eigenvalue weighted by Gasteiger charge is 2.23. The molecule has 10 heteroatoms. The molecule has 112 heavy (non-hydrogen) atoms. The zero-order chi connectivity index (χ0) is 74.5. The first kappa shape index (κ1) is 67.4. The summed E-state index contributed by atoms with van der Waals surface area (Å²) in [4.78, 5) is 35.2. The topological polar surface area (TPSA) is 93.7 Å². The Morgan fingerprint density at radius 3 is 0.893 bits per heavy atom. The molecule has 4 heterocycles. The van der Waals surface area contributed by atoms with E-state index in [1.807, 2.05) is 72.8 Å². The van der Waals surface area contributed by atoms with Crippen LogP contribution in [-0.4, -0.2) is 39.0 Å². The van der Waals surface area contributed by atoms with Crippen molar-refractivity contribution >= 4 is 77.7 Å². The van der Waals surface area contributed by atoms with Crippen LogP contribution in [-0.2, 0) is 0 Å². The van der Waals surface area contributed by atoms with Gasteiger partial charge in [0.25, 0.3) is 0 Å². The summed E-state index contributed by atoms with van der Waals surface area (Å²) >= 11 is 0. The third-order valence-corrected chi connectivity index (χ3v) is 20.5. The molecule has 20 aromatic rings. The molecule has 0 saturated heterocycles. The standard InChI is InChI=1S/2C51H35N5/c1-5-17-37(18-6-1)49-52-50(54-51(53-49)45-28-16-30-47-48(45)44-27-13-14-29-46(44)56(47)42-24-11-4-12-25-42)38-33-31-36(32-34-38)39-19-15-26-43(35-39)55(40-20-7-2-8-21-40)41-22-9-3-10-23-41;1-5-16-37(17-6-1)49-52-50(54-51(53-49)40-32-33-48-46(35-40)45-26-13-14-27-47(45)56(48)43-23-11-4-12-24-43)38-30-28-36(29-31-38)39-18-15-25-44(34-39)55(41-19-7-2-8-20-41)42-21-9-3-10-22-42/h2*1-35H. The maximum absolute atomic E-state index is 5.21. The lowest BCUT2D eigenvalue weighted by atomic mass is 10.0. The molecule has 16 aromatic carbocycles. The number of aromatic nitrogens is 8. The number of nitrogens with zero attached hydrogens (tertiary/aromatic N) is 10. The molecule has 0 saturated carbocycles. The minimum Gasteiger partial charge on any atom is -0.310 e. The average molecular weight is 1440 g/mol. The molecular formula is C102H70N10. The summed E-state index contributed by atoms with van der Waals surface area (Å²) in [6.07, 6.45) is 0. The molecule has 20 rings (SSSR count). The van der Waals surface area contributed by atoms with Crippen molar-refractivity contribution in [3.63, 3.8) is 0 Å². The zero-order valence-corrected chi connectivity index (χ0v) is 60.9. The predicted molar refractivity (Wildman–Crippen MR) is 461 cm³/mol. The first-order valence-electron chi connectivity index (χ1n) is 37.6. The lowest BCUT2D eigenvalue weighted by Gasteiger charge is -2.25. The van der Waals surface area contributed by atoms with Gasteiger partial charge in [0.05, 0.1) is 22.1 Å². The van der Waals surface area contributed by atoms with Crippen molar-refractivity contribution in [2.45, 2.75) is 0 Å². The fraction of sp³-hybridized carbons (Fsp3) is 0. The summed E-state index contributed by atoms with van der Waals surface area (Å²) in [5.74, 6) is 3.78. The molecule has 0 amide bonds. The number of benzene rings is 16. The second kappa shape index (κ2) is 30.2. The van der Waals surface area contributed by atoms with E-state index in [-0.39, 0.29) is 0 Å². The number of fused-ring (bicyclic) bond motifs is 6. The van der Waals surface area contributed by atoms with Crippen molar-refractivity contribution in [1.82, 2.24) is 39.0 Å². The molecule has 0 atom stereocenters. The zero-order valence-electron chi connectivity index (χ0n) is 60.9. The summed E-state index contributed by atoms with van der Waals surface area (Å²) in [5.41, 5.74) is 23.4. The molecule has 0 spiro atoms. The third kappa shape index (κ3) is 13.3. The van der Waals surface area contributed by atoms with Crippen LogP contribution in [0, 0.1) is 0 Å². The van der Waals surface area contributed by atoms with Crippen molar-refractivity contribution < 1.29 is 0 Å². The van der Waals surface area contributed by atoms with Crippen LogP contribution in [0.1, 0.15) is 0 Å². The lowest BCUT2D eigenvalue weighted by molar-refractivity contribution is 1.07. The Balaban J connectivity index is 0.000000151. The van der Waals surface area contributed by atoms with Gasteiger partial charge < -0.3 is 18.9 Å². The van der Waals surface area contributed by atoms with E-state index in [4.69, 9.17) is 29.9 Å². The Bertz CT molecular complexity index is 6630. The summed E-state index contributed by atoms with van der Waals surface area (Å²) in [6, 6.07) is 148. The highest BCUT2D eigenvalue weighted by Crippen LogP contribution is 2.43. The Morgan fingerprint density at radius 1 is 0.170 bits per heavy atom. The van der Waals surface area contributed by atoms with Gasteiger partial charge in [-0.25, -0.2) is 29.9 Å². The van der Waals surface area contributed by atoms with E-state index in [2.05, 4.69) is 371 Å². The SMILES string of the molecule is c1ccc(-c2nc(-c3ccc(-c4cccc(N(c5ccccc5)c5ccccc5)c4)cc3)nc(-c3ccc4c(c3)c3ccccc3n4-c3ccccc3)n2)cc1.c1ccc(-c2nc(-c3ccc(-c4cccc(N(c5ccccc5)c5ccccc5)c4)cc3)nc(-c3cccc4c3c3ccccc3n4-c3ccccc3)n2)cc1. The van der Waals surface area contributed by atoms with Crippen LogP contribution in [0.5, 0.6) is 0 Å². The maximum Gasteiger partial charge on any atom is 0.164 e. The monoisotopic (exact) mass is 1430 g/mol. The Kier molecular flexibility index (Phi) is 18.1. The molecule has 0 aliphatic heterocycles. The fourth-order valence-electron chi connectivity index (χ4n) is 15.2. The first-order valence-corrected chi connectivity index (χ1v) is 37.6. The van der Waals surface area contributed by atoms with Gasteiger partial charge in [-0.3, -0.25) is 0 Å². The Morgan fingerprint density at radius 2 is 0.455 bits per heavy atom. The van der Waals surface area contributed by atoms with E-state index < -0.39 is 0 Å². The largest absolute Gasteiger partial charge is 0.310 e. The Hall–Kier alpha value is -15.3. The van der Waals surface area contributed by atoms with Crippen LogP contribution in [0.15, 0.2) is 425 Å². The molecule has 0 aliphatic carbocycles. The van der Waals surface area contributed by atoms with E-state index in [1.54, 1.807) is 0 Å². The molecule has 0 N–H and O–H groups in total. The van der Waals surface area contributed by atoms with Crippen LogP contribution in [0.25, 0.3) is 146 Å². The maximum atomic E-state index is 5.21. The van der Waals surface area contributed by atoms with Crippen molar-refractivity contribution in [3.8, 4) is 102 Å². The molecule has 0 fully saturated rings. The molecule has 0 bridgehead atoms. The van der Waals surface area contributed by atoms with E-state index in [9.17, 15) is 0 Å². The molecule has 10 nitrogen and oxygen atoms in total. The van der Waals surface area contributed by atoms with Crippen molar-refractivity contribution in [2.24, 2.45) is 0 Å². The van der Waals surface area contributed by atoms with Crippen molar-refractivity contribution in [1.29, 1.82) is 0 Å². The number of rotatable bonds is 16. The van der Waals surface area contributed by atoms with E-state index in [0.29, 0.717) is 34.9 Å². The fourth-order valence-corrected chi connectivity index (χ4v) is 15.2. The molecule has 528 valence electrons. The molecule has 0 radical (unpaired) electrons. The van der Waals surface area contributed by atoms with Crippen LogP contribution < -0.4 is 9.80 Å². The normalized spacial score (nSPS) is 11.2. The molecule has 0 aliphatic rings. The van der Waals surface area contributed by atoms with Crippen LogP contribution in [0.3, 0.4) is 0 Å². The van der Waals surface area contributed by atoms with Gasteiger partial charge in [0.1, 0.15) is 0 Å². The number of hydrogen-bond donors (Lipinski definition) is 0. The smallest absolute Gasteiger partial charge is 0.164 e. The minimum atomic E-state index is 0.622.